The third-order valence-electron chi connectivity index (χ3n) is 1.85. The Kier molecular flexibility index (Phi) is 11.2. The summed E-state index contributed by atoms with van der Waals surface area (Å²) in [4.78, 5) is 0. The van der Waals surface area contributed by atoms with Gasteiger partial charge in [-0.3, -0.25) is 0 Å². The lowest BCUT2D eigenvalue weighted by Crippen LogP contribution is -1.77. The highest BCUT2D eigenvalue weighted by molar-refractivity contribution is 8.01. The molecule has 0 aromatic rings. The fourth-order valence-corrected chi connectivity index (χ4v) is 1.46. The second kappa shape index (κ2) is 11.1. The van der Waals surface area contributed by atoms with Gasteiger partial charge in [0, 0.05) is 0 Å². The van der Waals surface area contributed by atoms with Crippen LogP contribution in [0.4, 0.5) is 0 Å². The number of unbranched alkanes of at least 4 members (excludes halogenated alkanes) is 6. The van der Waals surface area contributed by atoms with Gasteiger partial charge in [-0.1, -0.05) is 45.1 Å². The minimum absolute atomic E-state index is 1.10. The van der Waals surface area contributed by atoms with Crippen molar-refractivity contribution in [2.24, 2.45) is 0 Å². The van der Waals surface area contributed by atoms with E-state index in [1.165, 1.54) is 38.5 Å². The first kappa shape index (κ1) is 12.1. The average Bonchev–Trinajstić information content (AvgIpc) is 2.10. The molecule has 0 amide bonds. The summed E-state index contributed by atoms with van der Waals surface area (Å²) in [6, 6.07) is 0. The summed E-state index contributed by atoms with van der Waals surface area (Å²) < 4.78 is 0. The Balaban J connectivity index is 2.86. The van der Waals surface area contributed by atoms with Gasteiger partial charge < -0.3 is 0 Å². The molecule has 0 nitrogen and oxygen atoms in total. The SMILES string of the molecule is [CH2]CCCCCCC/C=C/SC. The second-order valence-electron chi connectivity index (χ2n) is 3.02. The van der Waals surface area contributed by atoms with Crippen molar-refractivity contribution in [3.8, 4) is 0 Å². The normalized spacial score (nSPS) is 11.2. The zero-order chi connectivity index (χ0) is 9.07. The lowest BCUT2D eigenvalue weighted by Gasteiger charge is -1.97. The standard InChI is InChI=1S/C11H21S/c1-3-4-5-6-7-8-9-10-11-12-2/h10-11H,1,3-9H2,2H3/b11-10+. The molecular weight excluding hydrogens is 164 g/mol. The van der Waals surface area contributed by atoms with E-state index in [0.29, 0.717) is 0 Å². The largest absolute Gasteiger partial charge is 0.138 e. The summed E-state index contributed by atoms with van der Waals surface area (Å²) in [6.45, 7) is 3.83. The van der Waals surface area contributed by atoms with Gasteiger partial charge in [0.05, 0.1) is 0 Å². The molecule has 1 heteroatoms. The van der Waals surface area contributed by atoms with Crippen molar-refractivity contribution in [3.05, 3.63) is 18.4 Å². The minimum Gasteiger partial charge on any atom is -0.138 e. The zero-order valence-electron chi connectivity index (χ0n) is 8.22. The first-order valence-electron chi connectivity index (χ1n) is 4.89. The Morgan fingerprint density at radius 1 is 1.08 bits per heavy atom. The Morgan fingerprint density at radius 3 is 2.42 bits per heavy atom. The molecule has 0 fully saturated rings. The molecule has 0 saturated heterocycles. The van der Waals surface area contributed by atoms with Crippen molar-refractivity contribution in [3.63, 3.8) is 0 Å². The Labute approximate surface area is 81.8 Å². The summed E-state index contributed by atoms with van der Waals surface area (Å²) in [7, 11) is 0. The Hall–Kier alpha value is 0.0900. The molecule has 0 aliphatic carbocycles. The van der Waals surface area contributed by atoms with Gasteiger partial charge in [0.1, 0.15) is 0 Å². The average molecular weight is 185 g/mol. The van der Waals surface area contributed by atoms with Gasteiger partial charge in [0.15, 0.2) is 0 Å². The van der Waals surface area contributed by atoms with E-state index in [9.17, 15) is 0 Å². The highest BCUT2D eigenvalue weighted by atomic mass is 32.2. The van der Waals surface area contributed by atoms with Gasteiger partial charge in [-0.2, -0.15) is 0 Å². The summed E-state index contributed by atoms with van der Waals surface area (Å²) in [5.74, 6) is 0. The first-order chi connectivity index (χ1) is 5.91. The summed E-state index contributed by atoms with van der Waals surface area (Å²) >= 11 is 1.78. The second-order valence-corrected chi connectivity index (χ2v) is 3.76. The van der Waals surface area contributed by atoms with Crippen LogP contribution in [0.5, 0.6) is 0 Å². The van der Waals surface area contributed by atoms with E-state index < -0.39 is 0 Å². The van der Waals surface area contributed by atoms with E-state index in [2.05, 4.69) is 24.7 Å². The van der Waals surface area contributed by atoms with E-state index in [-0.39, 0.29) is 0 Å². The van der Waals surface area contributed by atoms with Gasteiger partial charge >= 0.3 is 0 Å². The highest BCUT2D eigenvalue weighted by Crippen LogP contribution is 2.07. The van der Waals surface area contributed by atoms with E-state index in [0.717, 1.165) is 6.42 Å². The summed E-state index contributed by atoms with van der Waals surface area (Å²) in [6.07, 6.45) is 13.5. The van der Waals surface area contributed by atoms with Crippen LogP contribution in [0.15, 0.2) is 11.5 Å². The first-order valence-corrected chi connectivity index (χ1v) is 6.17. The van der Waals surface area contributed by atoms with Crippen LogP contribution in [-0.2, 0) is 0 Å². The van der Waals surface area contributed by atoms with Crippen LogP contribution in [0.3, 0.4) is 0 Å². The highest BCUT2D eigenvalue weighted by Gasteiger charge is 1.87. The van der Waals surface area contributed by atoms with E-state index in [1.807, 2.05) is 0 Å². The van der Waals surface area contributed by atoms with Gasteiger partial charge in [0.2, 0.25) is 0 Å². The van der Waals surface area contributed by atoms with Crippen LogP contribution in [0.25, 0.3) is 0 Å². The zero-order valence-corrected chi connectivity index (χ0v) is 9.04. The number of rotatable bonds is 8. The molecule has 12 heavy (non-hydrogen) atoms. The quantitative estimate of drug-likeness (QED) is 0.504. The minimum atomic E-state index is 1.10. The molecular formula is C11H21S. The van der Waals surface area contributed by atoms with Gasteiger partial charge in [-0.05, 0) is 24.5 Å². The lowest BCUT2D eigenvalue weighted by molar-refractivity contribution is 0.621. The topological polar surface area (TPSA) is 0 Å². The lowest BCUT2D eigenvalue weighted by atomic mass is 10.1. The van der Waals surface area contributed by atoms with Crippen LogP contribution in [0.2, 0.25) is 0 Å². The maximum absolute atomic E-state index is 3.83. The molecule has 0 bridgehead atoms. The third kappa shape index (κ3) is 10.1. The number of hydrogen-bond donors (Lipinski definition) is 0. The molecule has 0 heterocycles. The van der Waals surface area contributed by atoms with Crippen LogP contribution in [0, 0.1) is 6.92 Å². The Morgan fingerprint density at radius 2 is 1.75 bits per heavy atom. The maximum Gasteiger partial charge on any atom is -0.0142 e. The molecule has 0 aromatic heterocycles. The van der Waals surface area contributed by atoms with Crippen molar-refractivity contribution >= 4 is 11.8 Å². The molecule has 0 unspecified atom stereocenters. The van der Waals surface area contributed by atoms with E-state index in [1.54, 1.807) is 11.8 Å². The summed E-state index contributed by atoms with van der Waals surface area (Å²) in [5, 5.41) is 2.18. The molecule has 0 aliphatic rings. The smallest absolute Gasteiger partial charge is 0.0142 e. The third-order valence-corrected chi connectivity index (χ3v) is 2.32. The maximum atomic E-state index is 3.83. The molecule has 1 radical (unpaired) electrons. The van der Waals surface area contributed by atoms with Crippen LogP contribution in [-0.4, -0.2) is 6.26 Å². The number of thioether (sulfide) groups is 1. The fraction of sp³-hybridized carbons (Fsp3) is 0.727. The van der Waals surface area contributed by atoms with Crippen LogP contribution in [0.1, 0.15) is 44.9 Å². The van der Waals surface area contributed by atoms with Crippen molar-refractivity contribution in [1.82, 2.24) is 0 Å². The van der Waals surface area contributed by atoms with Crippen molar-refractivity contribution in [2.45, 2.75) is 44.9 Å². The van der Waals surface area contributed by atoms with Crippen LogP contribution >= 0.6 is 11.8 Å². The predicted molar refractivity (Wildman–Crippen MR) is 60.3 cm³/mol. The number of allylic oxidation sites excluding steroid dienone is 1. The van der Waals surface area contributed by atoms with E-state index in [4.69, 9.17) is 0 Å². The van der Waals surface area contributed by atoms with E-state index >= 15 is 0 Å². The fourth-order valence-electron chi connectivity index (χ4n) is 1.13. The molecule has 0 atom stereocenters. The molecule has 0 saturated carbocycles. The predicted octanol–water partition coefficient (Wildman–Crippen LogP) is 4.43. The molecule has 0 rings (SSSR count). The molecule has 0 aliphatic heterocycles. The van der Waals surface area contributed by atoms with Gasteiger partial charge in [-0.15, -0.1) is 11.8 Å². The van der Waals surface area contributed by atoms with Gasteiger partial charge in [-0.25, -0.2) is 0 Å². The molecule has 0 N–H and O–H groups in total. The van der Waals surface area contributed by atoms with Crippen molar-refractivity contribution in [2.75, 3.05) is 6.26 Å². The molecule has 0 aromatic carbocycles. The Bertz CT molecular complexity index is 97.2. The van der Waals surface area contributed by atoms with Crippen LogP contribution < -0.4 is 0 Å². The summed E-state index contributed by atoms with van der Waals surface area (Å²) in [5.41, 5.74) is 0. The molecule has 71 valence electrons. The van der Waals surface area contributed by atoms with Gasteiger partial charge in [0.25, 0.3) is 0 Å². The van der Waals surface area contributed by atoms with Crippen molar-refractivity contribution in [1.29, 1.82) is 0 Å². The monoisotopic (exact) mass is 185 g/mol. The molecule has 0 spiro atoms. The number of hydrogen-bond acceptors (Lipinski definition) is 1. The van der Waals surface area contributed by atoms with Crippen molar-refractivity contribution < 1.29 is 0 Å².